The number of amides is 1. The molecule has 0 spiro atoms. The Kier molecular flexibility index (Phi) is 5.93. The van der Waals surface area contributed by atoms with E-state index >= 15 is 0 Å². The molecule has 2 N–H and O–H groups in total. The first-order chi connectivity index (χ1) is 15.3. The van der Waals surface area contributed by atoms with Crippen molar-refractivity contribution in [2.45, 2.75) is 65.3 Å². The van der Waals surface area contributed by atoms with Gasteiger partial charge in [-0.05, 0) is 59.9 Å². The van der Waals surface area contributed by atoms with Gasteiger partial charge in [0.05, 0.1) is 5.56 Å². The summed E-state index contributed by atoms with van der Waals surface area (Å²) < 4.78 is 38.6. The fraction of sp³-hybridized carbons (Fsp3) is 0.520. The smallest absolute Gasteiger partial charge is 0.348 e. The number of H-pyrrole nitrogens is 1. The van der Waals surface area contributed by atoms with Crippen LogP contribution in [0.4, 0.5) is 13.2 Å². The van der Waals surface area contributed by atoms with Crippen LogP contribution < -0.4 is 10.9 Å². The third-order valence-corrected chi connectivity index (χ3v) is 6.82. The molecule has 1 aromatic carbocycles. The van der Waals surface area contributed by atoms with E-state index in [1.165, 1.54) is 24.6 Å². The Morgan fingerprint density at radius 2 is 1.94 bits per heavy atom. The third-order valence-electron chi connectivity index (χ3n) is 6.82. The van der Waals surface area contributed by atoms with Crippen LogP contribution in [0.5, 0.6) is 0 Å². The molecule has 2 heterocycles. The van der Waals surface area contributed by atoms with Gasteiger partial charge in [-0.25, -0.2) is 0 Å². The van der Waals surface area contributed by atoms with E-state index in [-0.39, 0.29) is 17.5 Å². The molecule has 2 bridgehead atoms. The van der Waals surface area contributed by atoms with Gasteiger partial charge < -0.3 is 10.3 Å². The zero-order valence-corrected chi connectivity index (χ0v) is 19.2. The van der Waals surface area contributed by atoms with Gasteiger partial charge in [-0.2, -0.15) is 13.2 Å². The minimum atomic E-state index is -4.45. The number of likely N-dealkylation sites (tertiary alicyclic amines) is 1. The monoisotopic (exact) mass is 461 g/mol. The highest BCUT2D eigenvalue weighted by atomic mass is 19.4. The van der Waals surface area contributed by atoms with Crippen LogP contribution in [0, 0.1) is 10.8 Å². The van der Waals surface area contributed by atoms with Crippen LogP contribution in [-0.4, -0.2) is 28.4 Å². The normalized spacial score (nSPS) is 24.6. The molecule has 4 rings (SSSR count). The molecule has 1 saturated heterocycles. The number of hydrogen-bond acceptors (Lipinski definition) is 3. The summed E-state index contributed by atoms with van der Waals surface area (Å²) >= 11 is 0. The van der Waals surface area contributed by atoms with Gasteiger partial charge in [-0.3, -0.25) is 14.5 Å². The van der Waals surface area contributed by atoms with Crippen LogP contribution in [0.15, 0.2) is 41.2 Å². The molecular weight excluding hydrogens is 431 g/mol. The molecule has 2 aliphatic rings. The lowest BCUT2D eigenvalue weighted by Gasteiger charge is -2.39. The quantitative estimate of drug-likeness (QED) is 0.677. The van der Waals surface area contributed by atoms with E-state index in [1.807, 2.05) is 0 Å². The van der Waals surface area contributed by atoms with Crippen molar-refractivity contribution in [1.29, 1.82) is 0 Å². The van der Waals surface area contributed by atoms with Crippen LogP contribution >= 0.6 is 0 Å². The second-order valence-electron chi connectivity index (χ2n) is 10.7. The summed E-state index contributed by atoms with van der Waals surface area (Å²) in [5.74, 6) is -0.619. The lowest BCUT2D eigenvalue weighted by molar-refractivity contribution is -0.137. The second-order valence-corrected chi connectivity index (χ2v) is 10.7. The van der Waals surface area contributed by atoms with Crippen molar-refractivity contribution in [3.8, 4) is 0 Å². The minimum absolute atomic E-state index is 0.0565. The van der Waals surface area contributed by atoms with Crippen LogP contribution in [0.1, 0.15) is 67.2 Å². The van der Waals surface area contributed by atoms with Crippen molar-refractivity contribution in [1.82, 2.24) is 15.2 Å². The zero-order chi connectivity index (χ0) is 24.0. The molecule has 1 saturated carbocycles. The van der Waals surface area contributed by atoms with E-state index in [4.69, 9.17) is 0 Å². The van der Waals surface area contributed by atoms with Crippen molar-refractivity contribution in [3.63, 3.8) is 0 Å². The van der Waals surface area contributed by atoms with Crippen molar-refractivity contribution < 1.29 is 18.0 Å². The molecule has 2 aromatic rings. The molecule has 1 aliphatic heterocycles. The zero-order valence-electron chi connectivity index (χ0n) is 19.2. The highest BCUT2D eigenvalue weighted by molar-refractivity contribution is 5.93. The number of nitrogens with one attached hydrogen (secondary N) is 2. The van der Waals surface area contributed by atoms with Gasteiger partial charge in [-0.1, -0.05) is 32.9 Å². The van der Waals surface area contributed by atoms with Gasteiger partial charge >= 0.3 is 6.18 Å². The first kappa shape index (κ1) is 23.5. The highest BCUT2D eigenvalue weighted by Gasteiger charge is 2.49. The largest absolute Gasteiger partial charge is 0.416 e. The number of carbonyl (C=O) groups is 1. The van der Waals surface area contributed by atoms with E-state index < -0.39 is 23.2 Å². The molecule has 178 valence electrons. The molecule has 0 radical (unpaired) electrons. The Morgan fingerprint density at radius 3 is 2.64 bits per heavy atom. The second kappa shape index (κ2) is 8.31. The molecule has 1 aliphatic carbocycles. The number of carbonyl (C=O) groups excluding carboxylic acids is 1. The molecule has 2 atom stereocenters. The number of benzene rings is 1. The highest BCUT2D eigenvalue weighted by Crippen LogP contribution is 2.52. The Morgan fingerprint density at radius 1 is 1.18 bits per heavy atom. The van der Waals surface area contributed by atoms with Gasteiger partial charge in [0.2, 0.25) is 0 Å². The van der Waals surface area contributed by atoms with E-state index in [0.29, 0.717) is 23.6 Å². The van der Waals surface area contributed by atoms with Crippen molar-refractivity contribution in [2.24, 2.45) is 10.8 Å². The van der Waals surface area contributed by atoms with Crippen molar-refractivity contribution in [2.75, 3.05) is 6.54 Å². The molecule has 1 aromatic heterocycles. The van der Waals surface area contributed by atoms with E-state index in [2.05, 4.69) is 36.0 Å². The van der Waals surface area contributed by atoms with Gasteiger partial charge in [0.15, 0.2) is 0 Å². The number of rotatable bonds is 5. The van der Waals surface area contributed by atoms with Gasteiger partial charge in [0.25, 0.3) is 11.5 Å². The maximum atomic E-state index is 12.9. The SMILES string of the molecule is CC1(C)C[C@H]2C[C@@](C)(CN2Cc2ccc(C(=O)NCc3cccc(C(F)(F)F)c3)c(=O)[nH]2)C1. The summed E-state index contributed by atoms with van der Waals surface area (Å²) in [5.41, 5.74) is 0.324. The Bertz CT molecular complexity index is 1110. The van der Waals surface area contributed by atoms with Crippen LogP contribution in [-0.2, 0) is 19.3 Å². The molecular formula is C25H30F3N3O2. The number of aromatic nitrogens is 1. The summed E-state index contributed by atoms with van der Waals surface area (Å²) in [7, 11) is 0. The average Bonchev–Trinajstić information content (AvgIpc) is 2.93. The van der Waals surface area contributed by atoms with Gasteiger partial charge in [-0.15, -0.1) is 0 Å². The van der Waals surface area contributed by atoms with E-state index in [9.17, 15) is 22.8 Å². The Hall–Kier alpha value is -2.61. The van der Waals surface area contributed by atoms with Crippen LogP contribution in [0.2, 0.25) is 0 Å². The van der Waals surface area contributed by atoms with Crippen molar-refractivity contribution in [3.05, 3.63) is 69.1 Å². The fourth-order valence-electron chi connectivity index (χ4n) is 5.90. The number of hydrogen-bond donors (Lipinski definition) is 2. The molecule has 8 heteroatoms. The van der Waals surface area contributed by atoms with Gasteiger partial charge in [0.1, 0.15) is 5.56 Å². The minimum Gasteiger partial charge on any atom is -0.348 e. The standard InChI is InChI=1S/C25H30F3N3O2/c1-23(2)10-19-11-24(3,14-23)15-31(19)13-18-7-8-20(22(33)30-18)21(32)29-12-16-5-4-6-17(9-16)25(26,27)28/h4-9,19H,10-15H2,1-3H3,(H,29,32)(H,30,33)/t19-,24+/m0/s1. The predicted molar refractivity (Wildman–Crippen MR) is 120 cm³/mol. The number of alkyl halides is 3. The number of aromatic amines is 1. The average molecular weight is 462 g/mol. The predicted octanol–water partition coefficient (Wildman–Crippen LogP) is 4.72. The van der Waals surface area contributed by atoms with E-state index in [0.717, 1.165) is 37.2 Å². The maximum Gasteiger partial charge on any atom is 0.416 e. The third kappa shape index (κ3) is 5.32. The lowest BCUT2D eigenvalue weighted by Crippen LogP contribution is -2.35. The summed E-state index contributed by atoms with van der Waals surface area (Å²) in [5, 5.41) is 2.53. The summed E-state index contributed by atoms with van der Waals surface area (Å²) in [4.78, 5) is 30.3. The first-order valence-corrected chi connectivity index (χ1v) is 11.2. The molecule has 1 amide bonds. The summed E-state index contributed by atoms with van der Waals surface area (Å²) in [6, 6.07) is 8.47. The molecule has 5 nitrogen and oxygen atoms in total. The lowest BCUT2D eigenvalue weighted by atomic mass is 9.65. The molecule has 33 heavy (non-hydrogen) atoms. The van der Waals surface area contributed by atoms with E-state index in [1.54, 1.807) is 6.07 Å². The summed E-state index contributed by atoms with van der Waals surface area (Å²) in [6.45, 7) is 8.47. The molecule has 0 unspecified atom stereocenters. The summed E-state index contributed by atoms with van der Waals surface area (Å²) in [6.07, 6.45) is -0.970. The number of pyridine rings is 1. The Balaban J connectivity index is 1.40. The Labute approximate surface area is 191 Å². The topological polar surface area (TPSA) is 65.2 Å². The number of nitrogens with zero attached hydrogens (tertiary/aromatic N) is 1. The van der Waals surface area contributed by atoms with Crippen LogP contribution in [0.25, 0.3) is 0 Å². The maximum absolute atomic E-state index is 12.9. The van der Waals surface area contributed by atoms with Gasteiger partial charge in [0, 0.05) is 31.4 Å². The number of fused-ring (bicyclic) bond motifs is 2. The fourth-order valence-corrected chi connectivity index (χ4v) is 5.90. The van der Waals surface area contributed by atoms with Crippen LogP contribution in [0.3, 0.4) is 0 Å². The van der Waals surface area contributed by atoms with Crippen molar-refractivity contribution >= 4 is 5.91 Å². The molecule has 2 fully saturated rings. The number of halogens is 3. The first-order valence-electron chi connectivity index (χ1n) is 11.2.